The number of unbranched alkanes of at least 4 members (excludes halogenated alkanes) is 2. The van der Waals surface area contributed by atoms with Gasteiger partial charge in [0.1, 0.15) is 17.1 Å². The molecule has 0 atom stereocenters. The number of hydrogen-bond donors (Lipinski definition) is 0. The van der Waals surface area contributed by atoms with E-state index in [2.05, 4.69) is 67.9 Å². The Labute approximate surface area is 182 Å². The van der Waals surface area contributed by atoms with Gasteiger partial charge in [0.25, 0.3) is 0 Å². The topological polar surface area (TPSA) is 35.5 Å². The molecule has 1 aliphatic rings. The molecule has 0 spiro atoms. The number of esters is 1. The van der Waals surface area contributed by atoms with Crippen LogP contribution in [0, 0.1) is 6.92 Å². The van der Waals surface area contributed by atoms with E-state index in [0.717, 1.165) is 52.6 Å². The molecule has 0 unspecified atom stereocenters. The molecule has 3 rings (SSSR count). The summed E-state index contributed by atoms with van der Waals surface area (Å²) >= 11 is 3.38. The molecule has 0 saturated carbocycles. The van der Waals surface area contributed by atoms with Crippen LogP contribution in [0.25, 0.3) is 11.1 Å². The lowest BCUT2D eigenvalue weighted by atomic mass is 9.84. The monoisotopic (exact) mass is 458 g/mol. The molecule has 0 bridgehead atoms. The molecular weight excluding hydrogens is 428 g/mol. The molecule has 2 aromatic carbocycles. The highest BCUT2D eigenvalue weighted by Gasteiger charge is 2.35. The second kappa shape index (κ2) is 9.34. The third-order valence-electron chi connectivity index (χ3n) is 5.39. The van der Waals surface area contributed by atoms with Crippen molar-refractivity contribution in [2.45, 2.75) is 71.8 Å². The quantitative estimate of drug-likeness (QED) is 0.183. The summed E-state index contributed by atoms with van der Waals surface area (Å²) in [4.78, 5) is 12.5. The lowest BCUT2D eigenvalue weighted by molar-refractivity contribution is -0.134. The summed E-state index contributed by atoms with van der Waals surface area (Å²) in [7, 11) is 0. The van der Waals surface area contributed by atoms with Gasteiger partial charge in [-0.3, -0.25) is 4.79 Å². The summed E-state index contributed by atoms with van der Waals surface area (Å²) in [6.07, 6.45) is 5.59. The van der Waals surface area contributed by atoms with Crippen LogP contribution in [0.3, 0.4) is 0 Å². The van der Waals surface area contributed by atoms with Gasteiger partial charge in [-0.25, -0.2) is 0 Å². The van der Waals surface area contributed by atoms with E-state index in [1.165, 1.54) is 18.4 Å². The average Bonchev–Trinajstić information content (AvgIpc) is 2.65. The third-order valence-corrected chi connectivity index (χ3v) is 5.95. The van der Waals surface area contributed by atoms with E-state index >= 15 is 0 Å². The van der Waals surface area contributed by atoms with Gasteiger partial charge in [-0.2, -0.15) is 0 Å². The van der Waals surface area contributed by atoms with Crippen molar-refractivity contribution >= 4 is 21.9 Å². The summed E-state index contributed by atoms with van der Waals surface area (Å²) in [6.45, 7) is 8.48. The van der Waals surface area contributed by atoms with E-state index in [4.69, 9.17) is 9.47 Å². The van der Waals surface area contributed by atoms with Gasteiger partial charge in [0.05, 0.1) is 5.56 Å². The first-order valence-electron chi connectivity index (χ1n) is 10.6. The highest BCUT2D eigenvalue weighted by Crippen LogP contribution is 2.50. The van der Waals surface area contributed by atoms with Crippen LogP contribution in [0.4, 0.5) is 0 Å². The van der Waals surface area contributed by atoms with Gasteiger partial charge in [-0.05, 0) is 63.3 Å². The Morgan fingerprint density at radius 2 is 1.93 bits per heavy atom. The molecule has 3 nitrogen and oxygen atoms in total. The maximum atomic E-state index is 12.5. The van der Waals surface area contributed by atoms with Crippen LogP contribution in [0.1, 0.15) is 69.6 Å². The van der Waals surface area contributed by atoms with Crippen LogP contribution in [-0.4, -0.2) is 11.3 Å². The lowest BCUT2D eigenvalue weighted by Crippen LogP contribution is -2.29. The number of halogens is 1. The van der Waals surface area contributed by atoms with E-state index in [1.807, 2.05) is 6.07 Å². The van der Waals surface area contributed by atoms with Crippen molar-refractivity contribution in [2.75, 3.05) is 5.33 Å². The third kappa shape index (κ3) is 5.03. The van der Waals surface area contributed by atoms with E-state index in [1.54, 1.807) is 0 Å². The average molecular weight is 459 g/mol. The molecule has 0 amide bonds. The number of alkyl halides is 1. The number of carbonyl (C=O) groups is 1. The molecule has 0 N–H and O–H groups in total. The first-order valence-corrected chi connectivity index (χ1v) is 11.7. The summed E-state index contributed by atoms with van der Waals surface area (Å²) in [5, 5.41) is 0.788. The number of fused-ring (bicyclic) bond motifs is 3. The first kappa shape index (κ1) is 21.9. The molecule has 156 valence electrons. The zero-order valence-corrected chi connectivity index (χ0v) is 19.5. The predicted molar refractivity (Wildman–Crippen MR) is 122 cm³/mol. The van der Waals surface area contributed by atoms with E-state index < -0.39 is 5.60 Å². The molecule has 29 heavy (non-hydrogen) atoms. The molecule has 0 fully saturated rings. The summed E-state index contributed by atoms with van der Waals surface area (Å²) in [5.41, 5.74) is 5.01. The molecular formula is C25H31BrO3. The number of rotatable bonds is 8. The number of ether oxygens (including phenoxy) is 2. The summed E-state index contributed by atoms with van der Waals surface area (Å²) in [6, 6.07) is 10.6. The smallest absolute Gasteiger partial charge is 0.311 e. The fourth-order valence-corrected chi connectivity index (χ4v) is 4.18. The Kier molecular flexibility index (Phi) is 7.05. The van der Waals surface area contributed by atoms with Crippen LogP contribution in [-0.2, 0) is 16.8 Å². The predicted octanol–water partition coefficient (Wildman–Crippen LogP) is 7.10. The van der Waals surface area contributed by atoms with Crippen LogP contribution in [0.2, 0.25) is 0 Å². The Bertz CT molecular complexity index is 886. The number of aryl methyl sites for hydroxylation is 2. The van der Waals surface area contributed by atoms with E-state index in [-0.39, 0.29) is 5.97 Å². The normalized spacial score (nSPS) is 14.0. The molecule has 1 aliphatic heterocycles. The van der Waals surface area contributed by atoms with Crippen molar-refractivity contribution in [1.29, 1.82) is 0 Å². The van der Waals surface area contributed by atoms with Gasteiger partial charge in [0, 0.05) is 17.3 Å². The van der Waals surface area contributed by atoms with Crippen LogP contribution < -0.4 is 9.47 Å². The van der Waals surface area contributed by atoms with Crippen LogP contribution in [0.15, 0.2) is 30.3 Å². The lowest BCUT2D eigenvalue weighted by Gasteiger charge is -2.36. The maximum absolute atomic E-state index is 12.5. The van der Waals surface area contributed by atoms with Gasteiger partial charge in [0.2, 0.25) is 0 Å². The van der Waals surface area contributed by atoms with Crippen molar-refractivity contribution in [3.05, 3.63) is 47.0 Å². The minimum absolute atomic E-state index is 0.198. The minimum Gasteiger partial charge on any atom is -0.482 e. The summed E-state index contributed by atoms with van der Waals surface area (Å²) in [5.74, 6) is 1.23. The van der Waals surface area contributed by atoms with Crippen molar-refractivity contribution in [3.63, 3.8) is 0 Å². The fraction of sp³-hybridized carbons (Fsp3) is 0.480. The number of carbonyl (C=O) groups excluding carboxylic acids is 1. The Hall–Kier alpha value is -1.81. The fourth-order valence-electron chi connectivity index (χ4n) is 3.90. The van der Waals surface area contributed by atoms with Gasteiger partial charge < -0.3 is 9.47 Å². The summed E-state index contributed by atoms with van der Waals surface area (Å²) < 4.78 is 12.3. The second-order valence-electron chi connectivity index (χ2n) is 8.35. The highest BCUT2D eigenvalue weighted by atomic mass is 79.9. The molecule has 1 heterocycles. The molecule has 0 saturated heterocycles. The van der Waals surface area contributed by atoms with Crippen molar-refractivity contribution in [2.24, 2.45) is 0 Å². The van der Waals surface area contributed by atoms with Crippen molar-refractivity contribution in [3.8, 4) is 22.6 Å². The molecule has 4 heteroatoms. The largest absolute Gasteiger partial charge is 0.482 e. The van der Waals surface area contributed by atoms with E-state index in [0.29, 0.717) is 12.2 Å². The maximum Gasteiger partial charge on any atom is 0.311 e. The molecule has 0 aromatic heterocycles. The molecule has 0 radical (unpaired) electrons. The standard InChI is InChI=1S/C25H31BrO3/c1-5-6-7-9-18-15-21(28-23(27)10-8-13-26)24-19-14-17(2)11-12-20(19)25(3,4)29-22(24)16-18/h11-12,14-16H,5-10,13H2,1-4H3. The minimum atomic E-state index is -0.435. The Morgan fingerprint density at radius 3 is 2.66 bits per heavy atom. The van der Waals surface area contributed by atoms with Crippen LogP contribution >= 0.6 is 15.9 Å². The van der Waals surface area contributed by atoms with E-state index in [9.17, 15) is 4.79 Å². The van der Waals surface area contributed by atoms with Gasteiger partial charge >= 0.3 is 5.97 Å². The van der Waals surface area contributed by atoms with Crippen molar-refractivity contribution < 1.29 is 14.3 Å². The zero-order valence-electron chi connectivity index (χ0n) is 17.9. The highest BCUT2D eigenvalue weighted by molar-refractivity contribution is 9.09. The SMILES string of the molecule is CCCCCc1cc(OC(=O)CCCBr)c2c(c1)OC(C)(C)c1ccc(C)cc1-2. The molecule has 0 aliphatic carbocycles. The van der Waals surface area contributed by atoms with Crippen LogP contribution in [0.5, 0.6) is 11.5 Å². The first-order chi connectivity index (χ1) is 13.9. The Morgan fingerprint density at radius 1 is 1.14 bits per heavy atom. The van der Waals surface area contributed by atoms with Gasteiger partial charge in [-0.15, -0.1) is 0 Å². The van der Waals surface area contributed by atoms with Gasteiger partial charge in [0.15, 0.2) is 0 Å². The number of hydrogen-bond acceptors (Lipinski definition) is 3. The number of benzene rings is 2. The Balaban J connectivity index is 2.09. The van der Waals surface area contributed by atoms with Crippen molar-refractivity contribution in [1.82, 2.24) is 0 Å². The van der Waals surface area contributed by atoms with Gasteiger partial charge in [-0.1, -0.05) is 59.5 Å². The zero-order chi connectivity index (χ0) is 21.0. The molecule has 2 aromatic rings. The second-order valence-corrected chi connectivity index (χ2v) is 9.15.